The summed E-state index contributed by atoms with van der Waals surface area (Å²) in [4.78, 5) is 23.3. The van der Waals surface area contributed by atoms with Crippen LogP contribution < -0.4 is 15.0 Å². The monoisotopic (exact) mass is 444 g/mol. The topological polar surface area (TPSA) is 67.3 Å². The fourth-order valence-electron chi connectivity index (χ4n) is 3.86. The van der Waals surface area contributed by atoms with Crippen LogP contribution in [0.25, 0.3) is 10.9 Å². The van der Waals surface area contributed by atoms with Crippen LogP contribution in [0, 0.1) is 6.92 Å². The summed E-state index contributed by atoms with van der Waals surface area (Å²) in [5.41, 5.74) is 1.15. The molecule has 1 aromatic carbocycles. The molecule has 0 radical (unpaired) electrons. The maximum absolute atomic E-state index is 12.9. The molecule has 1 aliphatic heterocycles. The molecule has 0 aliphatic carbocycles. The Kier molecular flexibility index (Phi) is 5.90. The first-order valence-electron chi connectivity index (χ1n) is 10.3. The largest absolute Gasteiger partial charge is 0.497 e. The molecule has 9 heteroatoms. The summed E-state index contributed by atoms with van der Waals surface area (Å²) in [6.45, 7) is 2.99. The van der Waals surface area contributed by atoms with Gasteiger partial charge >= 0.3 is 6.18 Å². The summed E-state index contributed by atoms with van der Waals surface area (Å²) >= 11 is 0. The molecule has 3 aromatic rings. The van der Waals surface area contributed by atoms with E-state index in [1.807, 2.05) is 29.2 Å². The lowest BCUT2D eigenvalue weighted by molar-refractivity contribution is -0.137. The van der Waals surface area contributed by atoms with E-state index in [9.17, 15) is 18.0 Å². The van der Waals surface area contributed by atoms with E-state index in [1.165, 1.54) is 6.07 Å². The first kappa shape index (κ1) is 21.9. The Morgan fingerprint density at radius 1 is 1.16 bits per heavy atom. The number of ether oxygens (including phenoxy) is 1. The molecule has 3 heterocycles. The summed E-state index contributed by atoms with van der Waals surface area (Å²) in [7, 11) is 1.59. The van der Waals surface area contributed by atoms with Crippen molar-refractivity contribution >= 4 is 22.6 Å². The number of hydrogen-bond donors (Lipinski definition) is 1. The minimum atomic E-state index is -4.40. The van der Waals surface area contributed by atoms with Gasteiger partial charge in [-0.3, -0.25) is 9.78 Å². The van der Waals surface area contributed by atoms with E-state index < -0.39 is 11.7 Å². The van der Waals surface area contributed by atoms with Crippen molar-refractivity contribution in [3.05, 3.63) is 59.4 Å². The van der Waals surface area contributed by atoms with E-state index in [4.69, 9.17) is 4.74 Å². The second kappa shape index (κ2) is 8.64. The van der Waals surface area contributed by atoms with E-state index in [0.717, 1.165) is 23.2 Å². The highest BCUT2D eigenvalue weighted by Crippen LogP contribution is 2.30. The third kappa shape index (κ3) is 4.61. The molecule has 0 saturated carbocycles. The molecule has 1 amide bonds. The van der Waals surface area contributed by atoms with Crippen molar-refractivity contribution in [2.75, 3.05) is 25.1 Å². The quantitative estimate of drug-likeness (QED) is 0.648. The number of methoxy groups -OCH3 is 1. The number of halogens is 3. The maximum Gasteiger partial charge on any atom is 0.417 e. The number of nitrogens with one attached hydrogen (secondary N) is 1. The summed E-state index contributed by atoms with van der Waals surface area (Å²) < 4.78 is 43.4. The number of alkyl halides is 3. The van der Waals surface area contributed by atoms with Crippen LogP contribution in [0.4, 0.5) is 19.0 Å². The van der Waals surface area contributed by atoms with Gasteiger partial charge in [0, 0.05) is 36.8 Å². The molecule has 168 valence electrons. The third-order valence-electron chi connectivity index (χ3n) is 5.69. The van der Waals surface area contributed by atoms with Crippen molar-refractivity contribution < 1.29 is 22.7 Å². The molecule has 1 fully saturated rings. The number of rotatable bonds is 4. The number of carbonyl (C=O) groups is 1. The number of carbonyl (C=O) groups excluding carboxylic acids is 1. The average Bonchev–Trinajstić information content (AvgIpc) is 2.78. The zero-order chi connectivity index (χ0) is 22.9. The van der Waals surface area contributed by atoms with Gasteiger partial charge in [-0.15, -0.1) is 0 Å². The number of nitrogens with zero attached hydrogens (tertiary/aromatic N) is 3. The Bertz CT molecular complexity index is 1120. The Balaban J connectivity index is 1.39. The number of hydrogen-bond acceptors (Lipinski definition) is 5. The first-order valence-corrected chi connectivity index (χ1v) is 10.3. The SMILES string of the molecule is COc1ccc2cc(C(=O)NC3CCN(c4ccc(C(F)(F)F)cn4)CC3)c(C)nc2c1. The van der Waals surface area contributed by atoms with Gasteiger partial charge in [0.05, 0.1) is 29.4 Å². The molecule has 2 aromatic heterocycles. The number of benzene rings is 1. The Labute approximate surface area is 183 Å². The molecule has 1 N–H and O–H groups in total. The van der Waals surface area contributed by atoms with Crippen molar-refractivity contribution in [1.29, 1.82) is 0 Å². The highest BCUT2D eigenvalue weighted by Gasteiger charge is 2.31. The number of pyridine rings is 2. The molecule has 1 aliphatic rings. The van der Waals surface area contributed by atoms with Crippen LogP contribution in [0.5, 0.6) is 5.75 Å². The molecule has 0 atom stereocenters. The van der Waals surface area contributed by atoms with Gasteiger partial charge in [-0.25, -0.2) is 4.98 Å². The second-order valence-electron chi connectivity index (χ2n) is 7.82. The van der Waals surface area contributed by atoms with Crippen LogP contribution in [-0.4, -0.2) is 42.1 Å². The maximum atomic E-state index is 12.9. The highest BCUT2D eigenvalue weighted by molar-refractivity contribution is 5.99. The van der Waals surface area contributed by atoms with Crippen LogP contribution in [0.3, 0.4) is 0 Å². The number of aromatic nitrogens is 2. The zero-order valence-corrected chi connectivity index (χ0v) is 17.7. The van der Waals surface area contributed by atoms with Crippen LogP contribution in [0.15, 0.2) is 42.6 Å². The van der Waals surface area contributed by atoms with Crippen LogP contribution in [0.1, 0.15) is 34.5 Å². The predicted octanol–water partition coefficient (Wildman–Crippen LogP) is 4.36. The van der Waals surface area contributed by atoms with Gasteiger partial charge in [-0.1, -0.05) is 0 Å². The fourth-order valence-corrected chi connectivity index (χ4v) is 3.86. The number of fused-ring (bicyclic) bond motifs is 1. The lowest BCUT2D eigenvalue weighted by Crippen LogP contribution is -2.45. The van der Waals surface area contributed by atoms with Gasteiger partial charge in [0.15, 0.2) is 0 Å². The van der Waals surface area contributed by atoms with Gasteiger partial charge in [0.25, 0.3) is 5.91 Å². The molecule has 6 nitrogen and oxygen atoms in total. The number of piperidine rings is 1. The number of anilines is 1. The molecule has 0 unspecified atom stereocenters. The Morgan fingerprint density at radius 2 is 1.91 bits per heavy atom. The van der Waals surface area contributed by atoms with Gasteiger partial charge in [0.1, 0.15) is 11.6 Å². The molecule has 0 spiro atoms. The smallest absolute Gasteiger partial charge is 0.417 e. The van der Waals surface area contributed by atoms with Crippen molar-refractivity contribution in [2.45, 2.75) is 32.0 Å². The van der Waals surface area contributed by atoms with Gasteiger partial charge in [-0.05, 0) is 50.1 Å². The summed E-state index contributed by atoms with van der Waals surface area (Å²) in [5, 5.41) is 3.92. The standard InChI is InChI=1S/C23H23F3N4O2/c1-14-19(11-15-3-5-18(32-2)12-20(15)28-14)22(31)29-17-7-9-30(10-8-17)21-6-4-16(13-27-21)23(24,25)26/h3-6,11-13,17H,7-10H2,1-2H3,(H,29,31). The molecular weight excluding hydrogens is 421 g/mol. The van der Waals surface area contributed by atoms with Crippen LogP contribution in [0.2, 0.25) is 0 Å². The predicted molar refractivity (Wildman–Crippen MR) is 115 cm³/mol. The molecule has 1 saturated heterocycles. The van der Waals surface area contributed by atoms with Crippen molar-refractivity contribution in [2.24, 2.45) is 0 Å². The van der Waals surface area contributed by atoms with Gasteiger partial charge in [0.2, 0.25) is 0 Å². The number of aryl methyl sites for hydroxylation is 1. The van der Waals surface area contributed by atoms with E-state index in [2.05, 4.69) is 15.3 Å². The summed E-state index contributed by atoms with van der Waals surface area (Å²) in [6, 6.07) is 9.75. The molecular formula is C23H23F3N4O2. The summed E-state index contributed by atoms with van der Waals surface area (Å²) in [5.74, 6) is 1.03. The molecule has 4 rings (SSSR count). The average molecular weight is 444 g/mol. The lowest BCUT2D eigenvalue weighted by atomic mass is 10.0. The van der Waals surface area contributed by atoms with Crippen molar-refractivity contribution in [3.8, 4) is 5.75 Å². The Morgan fingerprint density at radius 3 is 2.53 bits per heavy atom. The molecule has 0 bridgehead atoms. The van der Waals surface area contributed by atoms with Crippen molar-refractivity contribution in [3.63, 3.8) is 0 Å². The highest BCUT2D eigenvalue weighted by atomic mass is 19.4. The van der Waals surface area contributed by atoms with E-state index in [0.29, 0.717) is 48.8 Å². The summed E-state index contributed by atoms with van der Waals surface area (Å²) in [6.07, 6.45) is -2.20. The van der Waals surface area contributed by atoms with E-state index >= 15 is 0 Å². The zero-order valence-electron chi connectivity index (χ0n) is 17.7. The fraction of sp³-hybridized carbons (Fsp3) is 0.348. The second-order valence-corrected chi connectivity index (χ2v) is 7.82. The third-order valence-corrected chi connectivity index (χ3v) is 5.69. The van der Waals surface area contributed by atoms with Crippen LogP contribution >= 0.6 is 0 Å². The lowest BCUT2D eigenvalue weighted by Gasteiger charge is -2.33. The van der Waals surface area contributed by atoms with Crippen molar-refractivity contribution in [1.82, 2.24) is 15.3 Å². The Hall–Kier alpha value is -3.36. The van der Waals surface area contributed by atoms with E-state index in [-0.39, 0.29) is 11.9 Å². The van der Waals surface area contributed by atoms with E-state index in [1.54, 1.807) is 14.0 Å². The molecule has 32 heavy (non-hydrogen) atoms. The van der Waals surface area contributed by atoms with Gasteiger partial charge in [-0.2, -0.15) is 13.2 Å². The number of amides is 1. The first-order chi connectivity index (χ1) is 15.2. The van der Waals surface area contributed by atoms with Crippen LogP contribution in [-0.2, 0) is 6.18 Å². The normalized spacial score (nSPS) is 15.1. The minimum Gasteiger partial charge on any atom is -0.497 e. The minimum absolute atomic E-state index is 0.0286. The van der Waals surface area contributed by atoms with Gasteiger partial charge < -0.3 is 15.0 Å².